The van der Waals surface area contributed by atoms with Crippen LogP contribution in [0.3, 0.4) is 0 Å². The maximum atomic E-state index is 12.6. The molecule has 2 heterocycles. The summed E-state index contributed by atoms with van der Waals surface area (Å²) in [6.45, 7) is 4.98. The fourth-order valence-corrected chi connectivity index (χ4v) is 3.85. The summed E-state index contributed by atoms with van der Waals surface area (Å²) < 4.78 is 0. The number of urea groups is 1. The molecule has 2 aromatic rings. The lowest BCUT2D eigenvalue weighted by atomic mass is 10.1. The van der Waals surface area contributed by atoms with Crippen LogP contribution in [0.25, 0.3) is 0 Å². The molecule has 7 heteroatoms. The summed E-state index contributed by atoms with van der Waals surface area (Å²) in [6, 6.07) is 9.53. The van der Waals surface area contributed by atoms with Gasteiger partial charge < -0.3 is 0 Å². The molecule has 1 aromatic heterocycles. The summed E-state index contributed by atoms with van der Waals surface area (Å²) in [5, 5.41) is 1.95. The Morgan fingerprint density at radius 3 is 2.44 bits per heavy atom. The highest BCUT2D eigenvalue weighted by atomic mass is 32.1. The summed E-state index contributed by atoms with van der Waals surface area (Å²) in [4.78, 5) is 42.1. The van der Waals surface area contributed by atoms with Crippen LogP contribution < -0.4 is 0 Å². The molecule has 27 heavy (non-hydrogen) atoms. The molecule has 1 fully saturated rings. The molecule has 1 aromatic carbocycles. The van der Waals surface area contributed by atoms with E-state index in [1.54, 1.807) is 11.3 Å². The van der Waals surface area contributed by atoms with Crippen LogP contribution in [0.4, 0.5) is 4.79 Å². The molecule has 0 atom stereocenters. The maximum Gasteiger partial charge on any atom is 0.335 e. The third-order valence-corrected chi connectivity index (χ3v) is 5.55. The number of amides is 4. The Balaban J connectivity index is 1.62. The summed E-state index contributed by atoms with van der Waals surface area (Å²) in [5.41, 5.74) is 3.48. The summed E-state index contributed by atoms with van der Waals surface area (Å²) in [7, 11) is 1.83. The van der Waals surface area contributed by atoms with Crippen molar-refractivity contribution in [3.8, 4) is 0 Å². The fourth-order valence-electron chi connectivity index (χ4n) is 3.15. The van der Waals surface area contributed by atoms with E-state index in [0.29, 0.717) is 13.0 Å². The Morgan fingerprint density at radius 2 is 1.78 bits per heavy atom. The first-order chi connectivity index (χ1) is 12.9. The van der Waals surface area contributed by atoms with Crippen LogP contribution in [-0.2, 0) is 22.6 Å². The topological polar surface area (TPSA) is 60.9 Å². The number of aryl methyl sites for hydroxylation is 2. The van der Waals surface area contributed by atoms with Gasteiger partial charge in [0.1, 0.15) is 0 Å². The van der Waals surface area contributed by atoms with Gasteiger partial charge in [-0.05, 0) is 43.5 Å². The molecular formula is C20H23N3O3S. The van der Waals surface area contributed by atoms with Crippen molar-refractivity contribution in [3.05, 3.63) is 57.3 Å². The van der Waals surface area contributed by atoms with Gasteiger partial charge in [0.25, 0.3) is 0 Å². The van der Waals surface area contributed by atoms with Gasteiger partial charge in [-0.3, -0.25) is 19.4 Å². The number of nitrogens with zero attached hydrogens (tertiary/aromatic N) is 3. The molecule has 0 radical (unpaired) electrons. The number of thiophene rings is 1. The number of imide groups is 2. The Labute approximate surface area is 163 Å². The highest BCUT2D eigenvalue weighted by molar-refractivity contribution is 7.09. The van der Waals surface area contributed by atoms with Gasteiger partial charge in [-0.15, -0.1) is 11.3 Å². The van der Waals surface area contributed by atoms with Crippen molar-refractivity contribution < 1.29 is 14.4 Å². The SMILES string of the molecule is Cc1ccc(CN(C)CN2C(=O)C(=O)N(CCc3cccs3)C2=O)c(C)c1. The predicted octanol–water partition coefficient (Wildman–Crippen LogP) is 2.79. The molecule has 1 aliphatic heterocycles. The van der Waals surface area contributed by atoms with Gasteiger partial charge in [-0.1, -0.05) is 29.8 Å². The molecule has 142 valence electrons. The van der Waals surface area contributed by atoms with Crippen LogP contribution in [0.5, 0.6) is 0 Å². The van der Waals surface area contributed by atoms with Crippen molar-refractivity contribution in [3.63, 3.8) is 0 Å². The van der Waals surface area contributed by atoms with Crippen molar-refractivity contribution in [2.75, 3.05) is 20.3 Å². The zero-order chi connectivity index (χ0) is 19.6. The third kappa shape index (κ3) is 4.26. The van der Waals surface area contributed by atoms with E-state index in [-0.39, 0.29) is 13.2 Å². The predicted molar refractivity (Wildman–Crippen MR) is 104 cm³/mol. The average Bonchev–Trinajstić information content (AvgIpc) is 3.20. The minimum absolute atomic E-state index is 0.0895. The molecular weight excluding hydrogens is 362 g/mol. The van der Waals surface area contributed by atoms with E-state index in [0.717, 1.165) is 25.8 Å². The van der Waals surface area contributed by atoms with Gasteiger partial charge >= 0.3 is 17.8 Å². The van der Waals surface area contributed by atoms with E-state index in [1.165, 1.54) is 5.56 Å². The third-order valence-electron chi connectivity index (χ3n) is 4.62. The molecule has 3 rings (SSSR count). The Hall–Kier alpha value is -2.51. The number of carbonyl (C=O) groups excluding carboxylic acids is 3. The van der Waals surface area contributed by atoms with Gasteiger partial charge in [0.15, 0.2) is 0 Å². The lowest BCUT2D eigenvalue weighted by molar-refractivity contribution is -0.143. The molecule has 0 N–H and O–H groups in total. The number of benzene rings is 1. The number of hydrogen-bond acceptors (Lipinski definition) is 5. The lowest BCUT2D eigenvalue weighted by Gasteiger charge is -2.23. The molecule has 0 spiro atoms. The highest BCUT2D eigenvalue weighted by Gasteiger charge is 2.44. The quantitative estimate of drug-likeness (QED) is 0.543. The van der Waals surface area contributed by atoms with E-state index in [9.17, 15) is 14.4 Å². The van der Waals surface area contributed by atoms with E-state index >= 15 is 0 Å². The lowest BCUT2D eigenvalue weighted by Crippen LogP contribution is -2.40. The zero-order valence-electron chi connectivity index (χ0n) is 15.8. The van der Waals surface area contributed by atoms with Crippen LogP contribution in [0, 0.1) is 13.8 Å². The van der Waals surface area contributed by atoms with Gasteiger partial charge in [-0.25, -0.2) is 9.69 Å². The van der Waals surface area contributed by atoms with Crippen LogP contribution in [-0.4, -0.2) is 52.8 Å². The standard InChI is InChI=1S/C20H23N3O3S/c1-14-6-7-16(15(2)11-14)12-21(3)13-23-19(25)18(24)22(20(23)26)9-8-17-5-4-10-27-17/h4-7,10-11H,8-9,12-13H2,1-3H3. The van der Waals surface area contributed by atoms with Crippen molar-refractivity contribution in [1.82, 2.24) is 14.7 Å². The first-order valence-corrected chi connectivity index (χ1v) is 9.69. The van der Waals surface area contributed by atoms with Crippen molar-refractivity contribution in [1.29, 1.82) is 0 Å². The van der Waals surface area contributed by atoms with E-state index in [1.807, 2.05) is 55.4 Å². The van der Waals surface area contributed by atoms with Gasteiger partial charge in [0, 0.05) is 24.4 Å². The van der Waals surface area contributed by atoms with Crippen LogP contribution >= 0.6 is 11.3 Å². The molecule has 0 saturated carbocycles. The van der Waals surface area contributed by atoms with E-state index < -0.39 is 17.8 Å². The Morgan fingerprint density at radius 1 is 1.04 bits per heavy atom. The number of rotatable bonds is 7. The summed E-state index contributed by atoms with van der Waals surface area (Å²) >= 11 is 1.57. The fraction of sp³-hybridized carbons (Fsp3) is 0.350. The van der Waals surface area contributed by atoms with Crippen LogP contribution in [0.15, 0.2) is 35.7 Å². The van der Waals surface area contributed by atoms with Crippen molar-refractivity contribution in [2.24, 2.45) is 0 Å². The second-order valence-electron chi connectivity index (χ2n) is 6.89. The average molecular weight is 385 g/mol. The molecule has 0 unspecified atom stereocenters. The normalized spacial score (nSPS) is 14.7. The first-order valence-electron chi connectivity index (χ1n) is 8.81. The van der Waals surface area contributed by atoms with Gasteiger partial charge in [0.05, 0.1) is 6.67 Å². The number of carbonyl (C=O) groups is 3. The van der Waals surface area contributed by atoms with E-state index in [2.05, 4.69) is 6.07 Å². The summed E-state index contributed by atoms with van der Waals surface area (Å²) in [6.07, 6.45) is 0.564. The van der Waals surface area contributed by atoms with Gasteiger partial charge in [-0.2, -0.15) is 0 Å². The molecule has 0 aliphatic carbocycles. The Bertz CT molecular complexity index is 863. The summed E-state index contributed by atoms with van der Waals surface area (Å²) in [5.74, 6) is -1.49. The molecule has 0 bridgehead atoms. The highest BCUT2D eigenvalue weighted by Crippen LogP contribution is 2.17. The second-order valence-corrected chi connectivity index (χ2v) is 7.92. The minimum Gasteiger partial charge on any atom is -0.284 e. The van der Waals surface area contributed by atoms with E-state index in [4.69, 9.17) is 0 Å². The van der Waals surface area contributed by atoms with Crippen LogP contribution in [0.1, 0.15) is 21.6 Å². The minimum atomic E-state index is -0.751. The second kappa shape index (κ2) is 8.02. The molecule has 1 aliphatic rings. The maximum absolute atomic E-state index is 12.6. The monoisotopic (exact) mass is 385 g/mol. The van der Waals surface area contributed by atoms with Crippen molar-refractivity contribution >= 4 is 29.2 Å². The smallest absolute Gasteiger partial charge is 0.284 e. The largest absolute Gasteiger partial charge is 0.335 e. The molecule has 1 saturated heterocycles. The Kier molecular flexibility index (Phi) is 5.72. The van der Waals surface area contributed by atoms with Crippen LogP contribution in [0.2, 0.25) is 0 Å². The zero-order valence-corrected chi connectivity index (χ0v) is 16.6. The number of hydrogen-bond donors (Lipinski definition) is 0. The molecule has 4 amide bonds. The first kappa shape index (κ1) is 19.3. The van der Waals surface area contributed by atoms with Crippen molar-refractivity contribution in [2.45, 2.75) is 26.8 Å². The van der Waals surface area contributed by atoms with Gasteiger partial charge in [0.2, 0.25) is 0 Å². The molecule has 6 nitrogen and oxygen atoms in total.